The fourth-order valence-corrected chi connectivity index (χ4v) is 3.19. The summed E-state index contributed by atoms with van der Waals surface area (Å²) in [4.78, 5) is 7.46. The van der Waals surface area contributed by atoms with Crippen molar-refractivity contribution in [3.05, 3.63) is 17.7 Å². The molecule has 0 spiro atoms. The Morgan fingerprint density at radius 1 is 1.35 bits per heavy atom. The molecule has 1 atom stereocenters. The summed E-state index contributed by atoms with van der Waals surface area (Å²) in [6.07, 6.45) is 3.22. The lowest BCUT2D eigenvalue weighted by Gasteiger charge is -2.25. The molecule has 1 aromatic heterocycles. The minimum Gasteiger partial charge on any atom is -0.225 e. The Bertz CT molecular complexity index is 461. The number of rotatable bonds is 5. The van der Waals surface area contributed by atoms with Crippen LogP contribution in [0.1, 0.15) is 27.2 Å². The molecule has 1 heterocycles. The lowest BCUT2D eigenvalue weighted by Crippen LogP contribution is -2.38. The molecule has 0 saturated heterocycles. The first-order valence-corrected chi connectivity index (χ1v) is 7.24. The first-order chi connectivity index (χ1) is 7.93. The lowest BCUT2D eigenvalue weighted by molar-refractivity contribution is 0.342. The molecule has 1 rings (SSSR count). The first-order valence-electron chi connectivity index (χ1n) is 5.42. The van der Waals surface area contributed by atoms with Crippen molar-refractivity contribution in [3.8, 4) is 0 Å². The predicted octanol–water partition coefficient (Wildman–Crippen LogP) is 1.94. The summed E-state index contributed by atoms with van der Waals surface area (Å²) in [7, 11) is -3.53. The van der Waals surface area contributed by atoms with E-state index in [1.165, 1.54) is 16.7 Å². The molecular formula is C10H16ClN3O2S. The summed E-state index contributed by atoms with van der Waals surface area (Å²) in [5.74, 6) is 0. The van der Waals surface area contributed by atoms with Crippen LogP contribution in [0.5, 0.6) is 0 Å². The average molecular weight is 278 g/mol. The Morgan fingerprint density at radius 2 is 1.88 bits per heavy atom. The van der Waals surface area contributed by atoms with E-state index >= 15 is 0 Å². The molecule has 0 fully saturated rings. The summed E-state index contributed by atoms with van der Waals surface area (Å²) in [5, 5.41) is 0.0375. The van der Waals surface area contributed by atoms with Gasteiger partial charge in [-0.25, -0.2) is 18.4 Å². The molecule has 0 saturated carbocycles. The Labute approximate surface area is 107 Å². The molecule has 96 valence electrons. The third kappa shape index (κ3) is 3.14. The third-order valence-electron chi connectivity index (χ3n) is 2.60. The molecule has 1 unspecified atom stereocenters. The summed E-state index contributed by atoms with van der Waals surface area (Å²) >= 11 is 5.53. The summed E-state index contributed by atoms with van der Waals surface area (Å²) in [6.45, 7) is 6.04. The van der Waals surface area contributed by atoms with Crippen molar-refractivity contribution in [2.24, 2.45) is 0 Å². The molecule has 17 heavy (non-hydrogen) atoms. The van der Waals surface area contributed by atoms with Gasteiger partial charge in [-0.05, 0) is 24.9 Å². The van der Waals surface area contributed by atoms with Gasteiger partial charge in [0.15, 0.2) is 0 Å². The number of hydrogen-bond acceptors (Lipinski definition) is 4. The van der Waals surface area contributed by atoms with Crippen molar-refractivity contribution in [2.75, 3.05) is 6.54 Å². The maximum Gasteiger partial charge on any atom is 0.246 e. The van der Waals surface area contributed by atoms with Crippen LogP contribution in [0.3, 0.4) is 0 Å². The second-order valence-electron chi connectivity index (χ2n) is 3.65. The molecule has 0 amide bonds. The maximum atomic E-state index is 12.3. The Balaban J connectivity index is 3.13. The van der Waals surface area contributed by atoms with Gasteiger partial charge in [0.25, 0.3) is 0 Å². The topological polar surface area (TPSA) is 63.2 Å². The molecule has 1 aromatic rings. The molecule has 7 heteroatoms. The van der Waals surface area contributed by atoms with Gasteiger partial charge >= 0.3 is 0 Å². The number of hydrogen-bond donors (Lipinski definition) is 0. The molecule has 0 aliphatic rings. The van der Waals surface area contributed by atoms with E-state index in [4.69, 9.17) is 11.6 Å². The van der Waals surface area contributed by atoms with Gasteiger partial charge in [-0.2, -0.15) is 4.31 Å². The Kier molecular flexibility index (Phi) is 4.85. The second-order valence-corrected chi connectivity index (χ2v) is 5.88. The minimum absolute atomic E-state index is 0.0375. The standard InChI is InChI=1S/C10H16ClN3O2S/c1-4-8(3)14(5-2)17(15,16)9-6-12-10(11)13-7-9/h6-8H,4-5H2,1-3H3. The molecule has 0 aliphatic carbocycles. The number of aromatic nitrogens is 2. The monoisotopic (exact) mass is 277 g/mol. The van der Waals surface area contributed by atoms with Gasteiger partial charge < -0.3 is 0 Å². The molecule has 0 aliphatic heterocycles. The first kappa shape index (κ1) is 14.3. The Morgan fingerprint density at radius 3 is 2.29 bits per heavy atom. The van der Waals surface area contributed by atoms with Gasteiger partial charge in [0, 0.05) is 12.6 Å². The van der Waals surface area contributed by atoms with E-state index in [0.29, 0.717) is 6.54 Å². The van der Waals surface area contributed by atoms with Crippen LogP contribution in [0.2, 0.25) is 5.28 Å². The van der Waals surface area contributed by atoms with Crippen molar-refractivity contribution in [1.29, 1.82) is 0 Å². The highest BCUT2D eigenvalue weighted by atomic mass is 35.5. The van der Waals surface area contributed by atoms with Crippen LogP contribution in [0.15, 0.2) is 17.3 Å². The van der Waals surface area contributed by atoms with Gasteiger partial charge in [0.1, 0.15) is 4.90 Å². The van der Waals surface area contributed by atoms with Crippen molar-refractivity contribution in [3.63, 3.8) is 0 Å². The molecule has 0 N–H and O–H groups in total. The van der Waals surface area contributed by atoms with Crippen LogP contribution < -0.4 is 0 Å². The molecular weight excluding hydrogens is 262 g/mol. The van der Waals surface area contributed by atoms with E-state index in [0.717, 1.165) is 6.42 Å². The van der Waals surface area contributed by atoms with E-state index in [2.05, 4.69) is 9.97 Å². The van der Waals surface area contributed by atoms with Gasteiger partial charge in [0.05, 0.1) is 12.4 Å². The fourth-order valence-electron chi connectivity index (χ4n) is 1.49. The SMILES string of the molecule is CCC(C)N(CC)S(=O)(=O)c1cnc(Cl)nc1. The fraction of sp³-hybridized carbons (Fsp3) is 0.600. The maximum absolute atomic E-state index is 12.3. The molecule has 0 radical (unpaired) electrons. The largest absolute Gasteiger partial charge is 0.246 e. The van der Waals surface area contributed by atoms with Gasteiger partial charge in [-0.1, -0.05) is 13.8 Å². The van der Waals surface area contributed by atoms with Crippen molar-refractivity contribution in [2.45, 2.75) is 38.1 Å². The lowest BCUT2D eigenvalue weighted by atomic mass is 10.3. The van der Waals surface area contributed by atoms with E-state index in [1.54, 1.807) is 6.92 Å². The van der Waals surface area contributed by atoms with Crippen molar-refractivity contribution >= 4 is 21.6 Å². The molecule has 0 bridgehead atoms. The summed E-state index contributed by atoms with van der Waals surface area (Å²) < 4.78 is 26.0. The third-order valence-corrected chi connectivity index (χ3v) is 4.83. The highest BCUT2D eigenvalue weighted by molar-refractivity contribution is 7.89. The number of nitrogens with zero attached hydrogens (tertiary/aromatic N) is 3. The zero-order valence-corrected chi connectivity index (χ0v) is 11.7. The normalized spacial score (nSPS) is 13.9. The second kappa shape index (κ2) is 5.75. The van der Waals surface area contributed by atoms with Crippen LogP contribution in [-0.2, 0) is 10.0 Å². The van der Waals surface area contributed by atoms with Gasteiger partial charge in [-0.3, -0.25) is 0 Å². The highest BCUT2D eigenvalue weighted by Crippen LogP contribution is 2.18. The van der Waals surface area contributed by atoms with Crippen LogP contribution in [0.25, 0.3) is 0 Å². The van der Waals surface area contributed by atoms with Gasteiger partial charge in [0.2, 0.25) is 15.3 Å². The molecule has 0 aromatic carbocycles. The highest BCUT2D eigenvalue weighted by Gasteiger charge is 2.27. The van der Waals surface area contributed by atoms with E-state index in [-0.39, 0.29) is 16.2 Å². The quantitative estimate of drug-likeness (QED) is 0.772. The Hall–Kier alpha value is -0.720. The zero-order valence-electron chi connectivity index (χ0n) is 10.1. The zero-order chi connectivity index (χ0) is 13.1. The molecule has 5 nitrogen and oxygen atoms in total. The van der Waals surface area contributed by atoms with Gasteiger partial charge in [-0.15, -0.1) is 0 Å². The van der Waals surface area contributed by atoms with E-state index in [9.17, 15) is 8.42 Å². The summed E-state index contributed by atoms with van der Waals surface area (Å²) in [6, 6.07) is -0.0549. The van der Waals surface area contributed by atoms with Crippen molar-refractivity contribution < 1.29 is 8.42 Å². The van der Waals surface area contributed by atoms with E-state index in [1.807, 2.05) is 13.8 Å². The van der Waals surface area contributed by atoms with Crippen LogP contribution >= 0.6 is 11.6 Å². The van der Waals surface area contributed by atoms with Crippen molar-refractivity contribution in [1.82, 2.24) is 14.3 Å². The van der Waals surface area contributed by atoms with E-state index < -0.39 is 10.0 Å². The smallest absolute Gasteiger partial charge is 0.225 e. The number of halogens is 1. The number of sulfonamides is 1. The summed E-state index contributed by atoms with van der Waals surface area (Å²) in [5.41, 5.74) is 0. The van der Waals surface area contributed by atoms with Crippen LogP contribution in [0.4, 0.5) is 0 Å². The van der Waals surface area contributed by atoms with Crippen LogP contribution in [0, 0.1) is 0 Å². The van der Waals surface area contributed by atoms with Crippen LogP contribution in [-0.4, -0.2) is 35.3 Å². The predicted molar refractivity (Wildman–Crippen MR) is 66.4 cm³/mol. The minimum atomic E-state index is -3.53. The average Bonchev–Trinajstić information content (AvgIpc) is 2.29.